The first kappa shape index (κ1) is 10.1. The fraction of sp³-hybridized carbons (Fsp3) is 0. The molecule has 2 N–H and O–H groups in total. The van der Waals surface area contributed by atoms with Gasteiger partial charge in [-0.05, 0) is 0 Å². The molecule has 0 aliphatic rings. The van der Waals surface area contributed by atoms with Crippen LogP contribution in [0.4, 0.5) is 8.78 Å². The van der Waals surface area contributed by atoms with Crippen LogP contribution in [-0.2, 0) is 4.57 Å². The van der Waals surface area contributed by atoms with Crippen LogP contribution in [0.3, 0.4) is 0 Å². The van der Waals surface area contributed by atoms with Crippen molar-refractivity contribution in [3.05, 3.63) is 29.8 Å². The molecule has 0 spiro atoms. The van der Waals surface area contributed by atoms with E-state index in [9.17, 15) is 13.3 Å². The minimum Gasteiger partial charge on any atom is -0.404 e. The van der Waals surface area contributed by atoms with Gasteiger partial charge in [0.15, 0.2) is 0 Å². The highest BCUT2D eigenvalue weighted by molar-refractivity contribution is 7.46. The lowest BCUT2D eigenvalue weighted by molar-refractivity contribution is 0.282. The van der Waals surface area contributed by atoms with E-state index in [0.717, 1.165) is 0 Å². The van der Waals surface area contributed by atoms with E-state index < -0.39 is 25.2 Å². The smallest absolute Gasteiger partial charge is 0.404 e. The third-order valence-corrected chi connectivity index (χ3v) is 1.51. The number of phosphoric acid groups is 1. The topological polar surface area (TPSA) is 66.8 Å². The zero-order chi connectivity index (χ0) is 10.1. The molecule has 4 nitrogen and oxygen atoms in total. The van der Waals surface area contributed by atoms with Crippen molar-refractivity contribution in [1.82, 2.24) is 0 Å². The molecule has 1 rings (SSSR count). The van der Waals surface area contributed by atoms with E-state index in [1.54, 1.807) is 0 Å². The van der Waals surface area contributed by atoms with Gasteiger partial charge in [0, 0.05) is 18.2 Å². The lowest BCUT2D eigenvalue weighted by Crippen LogP contribution is -1.91. The van der Waals surface area contributed by atoms with E-state index in [0.29, 0.717) is 18.2 Å². The number of hydrogen-bond donors (Lipinski definition) is 2. The largest absolute Gasteiger partial charge is 0.524 e. The van der Waals surface area contributed by atoms with Gasteiger partial charge in [-0.1, -0.05) is 0 Å². The predicted octanol–water partition coefficient (Wildman–Crippen LogP) is 1.44. The lowest BCUT2D eigenvalue weighted by Gasteiger charge is -2.06. The Bertz CT molecular complexity index is 341. The van der Waals surface area contributed by atoms with Crippen LogP contribution in [0.1, 0.15) is 0 Å². The van der Waals surface area contributed by atoms with Crippen molar-refractivity contribution >= 4 is 7.82 Å². The van der Waals surface area contributed by atoms with Crippen molar-refractivity contribution < 1.29 is 27.7 Å². The van der Waals surface area contributed by atoms with Gasteiger partial charge in [0.25, 0.3) is 0 Å². The van der Waals surface area contributed by atoms with E-state index in [1.165, 1.54) is 0 Å². The van der Waals surface area contributed by atoms with Gasteiger partial charge < -0.3 is 4.52 Å². The minimum absolute atomic E-state index is 0.550. The number of hydrogen-bond acceptors (Lipinski definition) is 2. The van der Waals surface area contributed by atoms with Gasteiger partial charge in [-0.25, -0.2) is 13.3 Å². The maximum absolute atomic E-state index is 12.4. The summed E-state index contributed by atoms with van der Waals surface area (Å²) >= 11 is 0. The molecule has 0 radical (unpaired) electrons. The Balaban J connectivity index is 2.96. The summed E-state index contributed by atoms with van der Waals surface area (Å²) in [6, 6.07) is 1.90. The van der Waals surface area contributed by atoms with E-state index in [-0.39, 0.29) is 0 Å². The second-order valence-electron chi connectivity index (χ2n) is 2.19. The van der Waals surface area contributed by atoms with Crippen molar-refractivity contribution in [2.75, 3.05) is 0 Å². The zero-order valence-electron chi connectivity index (χ0n) is 6.15. The molecule has 1 aromatic carbocycles. The summed E-state index contributed by atoms with van der Waals surface area (Å²) in [4.78, 5) is 16.6. The molecule has 0 atom stereocenters. The second kappa shape index (κ2) is 3.41. The SMILES string of the molecule is O=P(O)(O)Oc1cc(F)cc(F)c1. The Kier molecular flexibility index (Phi) is 2.66. The number of halogens is 2. The summed E-state index contributed by atoms with van der Waals surface area (Å²) in [6.45, 7) is 0. The third kappa shape index (κ3) is 3.50. The molecular formula is C6H5F2O4P. The van der Waals surface area contributed by atoms with Gasteiger partial charge in [-0.3, -0.25) is 9.79 Å². The monoisotopic (exact) mass is 210 g/mol. The molecular weight excluding hydrogens is 205 g/mol. The fourth-order valence-electron chi connectivity index (χ4n) is 0.719. The standard InChI is InChI=1S/C6H5F2O4P/c7-4-1-5(8)3-6(2-4)12-13(9,10)11/h1-3H,(H2,9,10,11). The first-order valence-corrected chi connectivity index (χ1v) is 4.61. The lowest BCUT2D eigenvalue weighted by atomic mass is 10.3. The Morgan fingerprint density at radius 1 is 1.15 bits per heavy atom. The summed E-state index contributed by atoms with van der Waals surface area (Å²) in [5, 5.41) is 0. The molecule has 0 aliphatic carbocycles. The summed E-state index contributed by atoms with van der Waals surface area (Å²) in [5.41, 5.74) is 0. The van der Waals surface area contributed by atoms with Crippen molar-refractivity contribution in [2.45, 2.75) is 0 Å². The number of rotatable bonds is 2. The van der Waals surface area contributed by atoms with Crippen LogP contribution >= 0.6 is 7.82 Å². The summed E-state index contributed by atoms with van der Waals surface area (Å²) in [6.07, 6.45) is 0. The molecule has 0 aliphatic heterocycles. The van der Waals surface area contributed by atoms with E-state index in [1.807, 2.05) is 0 Å². The minimum atomic E-state index is -4.76. The average molecular weight is 210 g/mol. The van der Waals surface area contributed by atoms with Crippen LogP contribution in [0.25, 0.3) is 0 Å². The molecule has 0 bridgehead atoms. The molecule has 0 heterocycles. The van der Waals surface area contributed by atoms with Crippen LogP contribution in [-0.4, -0.2) is 9.79 Å². The van der Waals surface area contributed by atoms with Gasteiger partial charge in [-0.15, -0.1) is 0 Å². The molecule has 0 fully saturated rings. The van der Waals surface area contributed by atoms with Crippen molar-refractivity contribution in [1.29, 1.82) is 0 Å². The van der Waals surface area contributed by atoms with E-state index >= 15 is 0 Å². The van der Waals surface area contributed by atoms with Gasteiger partial charge in [-0.2, -0.15) is 0 Å². The summed E-state index contributed by atoms with van der Waals surface area (Å²) in [7, 11) is -4.76. The molecule has 1 aromatic rings. The highest BCUT2D eigenvalue weighted by Gasteiger charge is 2.16. The van der Waals surface area contributed by atoms with Crippen LogP contribution in [0, 0.1) is 11.6 Å². The highest BCUT2D eigenvalue weighted by atomic mass is 31.2. The van der Waals surface area contributed by atoms with Gasteiger partial charge >= 0.3 is 7.82 Å². The highest BCUT2D eigenvalue weighted by Crippen LogP contribution is 2.37. The molecule has 0 aromatic heterocycles. The molecule has 0 saturated heterocycles. The molecule has 7 heteroatoms. The summed E-state index contributed by atoms with van der Waals surface area (Å²) < 4.78 is 39.1. The Morgan fingerprint density at radius 2 is 1.62 bits per heavy atom. The molecule has 0 saturated carbocycles. The maximum Gasteiger partial charge on any atom is 0.524 e. The van der Waals surface area contributed by atoms with Crippen molar-refractivity contribution in [3.63, 3.8) is 0 Å². The molecule has 13 heavy (non-hydrogen) atoms. The molecule has 0 amide bonds. The predicted molar refractivity (Wildman–Crippen MR) is 39.0 cm³/mol. The maximum atomic E-state index is 12.4. The van der Waals surface area contributed by atoms with E-state index in [2.05, 4.69) is 4.52 Å². The first-order valence-electron chi connectivity index (χ1n) is 3.08. The normalized spacial score (nSPS) is 11.4. The molecule has 72 valence electrons. The zero-order valence-corrected chi connectivity index (χ0v) is 7.04. The van der Waals surface area contributed by atoms with Crippen molar-refractivity contribution in [2.24, 2.45) is 0 Å². The first-order chi connectivity index (χ1) is 5.87. The van der Waals surface area contributed by atoms with Crippen LogP contribution in [0.2, 0.25) is 0 Å². The fourth-order valence-corrected chi connectivity index (χ4v) is 1.10. The van der Waals surface area contributed by atoms with E-state index in [4.69, 9.17) is 9.79 Å². The summed E-state index contributed by atoms with van der Waals surface area (Å²) in [5.74, 6) is -2.49. The Morgan fingerprint density at radius 3 is 2.00 bits per heavy atom. The van der Waals surface area contributed by atoms with Crippen LogP contribution < -0.4 is 4.52 Å². The van der Waals surface area contributed by atoms with Crippen LogP contribution in [0.5, 0.6) is 5.75 Å². The average Bonchev–Trinajstić information content (AvgIpc) is 1.78. The van der Waals surface area contributed by atoms with Gasteiger partial charge in [0.1, 0.15) is 17.4 Å². The van der Waals surface area contributed by atoms with Gasteiger partial charge in [0.2, 0.25) is 0 Å². The second-order valence-corrected chi connectivity index (χ2v) is 3.35. The Labute approximate surface area is 72.0 Å². The van der Waals surface area contributed by atoms with Gasteiger partial charge in [0.05, 0.1) is 0 Å². The molecule has 0 unspecified atom stereocenters. The van der Waals surface area contributed by atoms with Crippen molar-refractivity contribution in [3.8, 4) is 5.75 Å². The Hall–Kier alpha value is -0.970. The number of phosphoric ester groups is 1. The number of benzene rings is 1. The van der Waals surface area contributed by atoms with Crippen LogP contribution in [0.15, 0.2) is 18.2 Å². The quantitative estimate of drug-likeness (QED) is 0.724. The third-order valence-electron chi connectivity index (χ3n) is 1.06.